The van der Waals surface area contributed by atoms with Crippen LogP contribution in [0.3, 0.4) is 0 Å². The maximum Gasteiger partial charge on any atom is 0.216 e. The lowest BCUT2D eigenvalue weighted by atomic mass is 9.86. The zero-order valence-electron chi connectivity index (χ0n) is 12.0. The van der Waals surface area contributed by atoms with E-state index < -0.39 is 0 Å². The molecule has 0 aliphatic heterocycles. The number of aryl methyl sites for hydroxylation is 1. The van der Waals surface area contributed by atoms with Crippen molar-refractivity contribution in [1.82, 2.24) is 14.9 Å². The van der Waals surface area contributed by atoms with Gasteiger partial charge in [-0.2, -0.15) is 14.9 Å². The molecule has 3 rings (SSSR count). The monoisotopic (exact) mass is 304 g/mol. The van der Waals surface area contributed by atoms with Gasteiger partial charge >= 0.3 is 0 Å². The Morgan fingerprint density at radius 3 is 3.05 bits per heavy atom. The maximum atomic E-state index is 5.24. The summed E-state index contributed by atoms with van der Waals surface area (Å²) >= 11 is 5.24. The number of hydrogen-bond acceptors (Lipinski definition) is 4. The van der Waals surface area contributed by atoms with Crippen molar-refractivity contribution in [2.75, 3.05) is 0 Å². The van der Waals surface area contributed by atoms with E-state index >= 15 is 0 Å². The van der Waals surface area contributed by atoms with Crippen molar-refractivity contribution in [3.8, 4) is 0 Å². The highest BCUT2D eigenvalue weighted by Gasteiger charge is 2.15. The second kappa shape index (κ2) is 6.85. The van der Waals surface area contributed by atoms with Crippen LogP contribution in [0.25, 0.3) is 0 Å². The zero-order valence-corrected chi connectivity index (χ0v) is 12.8. The molecule has 6 heteroatoms. The van der Waals surface area contributed by atoms with Crippen molar-refractivity contribution >= 4 is 18.4 Å². The zero-order chi connectivity index (χ0) is 14.5. The van der Waals surface area contributed by atoms with Gasteiger partial charge in [-0.15, -0.1) is 0 Å². The largest absolute Gasteiger partial charge is 0.463 e. The van der Waals surface area contributed by atoms with Crippen LogP contribution >= 0.6 is 12.2 Å². The van der Waals surface area contributed by atoms with Crippen molar-refractivity contribution in [2.45, 2.75) is 44.9 Å². The van der Waals surface area contributed by atoms with Gasteiger partial charge in [-0.05, 0) is 36.7 Å². The van der Waals surface area contributed by atoms with Crippen LogP contribution in [0.15, 0.2) is 27.9 Å². The van der Waals surface area contributed by atoms with E-state index in [2.05, 4.69) is 15.3 Å². The Balaban J connectivity index is 1.66. The summed E-state index contributed by atoms with van der Waals surface area (Å²) in [6, 6.07) is 3.69. The van der Waals surface area contributed by atoms with Gasteiger partial charge < -0.3 is 4.42 Å². The van der Waals surface area contributed by atoms with E-state index in [1.54, 1.807) is 17.2 Å². The molecular weight excluding hydrogens is 284 g/mol. The highest BCUT2D eigenvalue weighted by Crippen LogP contribution is 2.27. The highest BCUT2D eigenvalue weighted by molar-refractivity contribution is 7.71. The van der Waals surface area contributed by atoms with E-state index in [0.717, 1.165) is 24.6 Å². The lowest BCUT2D eigenvalue weighted by molar-refractivity contribution is 0.336. The molecule has 5 nitrogen and oxygen atoms in total. The second-order valence-corrected chi connectivity index (χ2v) is 5.95. The predicted molar refractivity (Wildman–Crippen MR) is 84.0 cm³/mol. The van der Waals surface area contributed by atoms with Gasteiger partial charge in [0, 0.05) is 6.42 Å². The van der Waals surface area contributed by atoms with E-state index in [0.29, 0.717) is 10.5 Å². The van der Waals surface area contributed by atoms with Gasteiger partial charge in [0.05, 0.1) is 12.5 Å². The summed E-state index contributed by atoms with van der Waals surface area (Å²) < 4.78 is 7.46. The Morgan fingerprint density at radius 1 is 1.43 bits per heavy atom. The van der Waals surface area contributed by atoms with E-state index in [-0.39, 0.29) is 0 Å². The average molecular weight is 304 g/mol. The molecule has 2 aromatic heterocycles. The first kappa shape index (κ1) is 14.3. The summed E-state index contributed by atoms with van der Waals surface area (Å²) in [4.78, 5) is 0. The van der Waals surface area contributed by atoms with Gasteiger partial charge in [-0.3, -0.25) is 5.10 Å². The molecule has 0 spiro atoms. The van der Waals surface area contributed by atoms with Crippen molar-refractivity contribution in [3.05, 3.63) is 34.8 Å². The number of hydrogen-bond donors (Lipinski definition) is 1. The van der Waals surface area contributed by atoms with Crippen molar-refractivity contribution in [1.29, 1.82) is 0 Å². The number of rotatable bonds is 5. The quantitative estimate of drug-likeness (QED) is 0.672. The molecule has 2 aromatic rings. The van der Waals surface area contributed by atoms with Gasteiger partial charge in [0.1, 0.15) is 5.76 Å². The fraction of sp³-hybridized carbons (Fsp3) is 0.533. The minimum absolute atomic E-state index is 0.524. The van der Waals surface area contributed by atoms with Crippen LogP contribution in [0.1, 0.15) is 50.1 Å². The first-order valence-corrected chi connectivity index (χ1v) is 7.98. The van der Waals surface area contributed by atoms with Gasteiger partial charge in [0.25, 0.3) is 0 Å². The maximum absolute atomic E-state index is 5.24. The van der Waals surface area contributed by atoms with Gasteiger partial charge in [-0.1, -0.05) is 32.1 Å². The molecule has 21 heavy (non-hydrogen) atoms. The van der Waals surface area contributed by atoms with E-state index in [9.17, 15) is 0 Å². The van der Waals surface area contributed by atoms with Crippen LogP contribution in [-0.4, -0.2) is 21.1 Å². The number of aromatic nitrogens is 3. The molecule has 0 unspecified atom stereocenters. The van der Waals surface area contributed by atoms with Crippen LogP contribution in [0.4, 0.5) is 0 Å². The van der Waals surface area contributed by atoms with E-state index in [4.69, 9.17) is 16.6 Å². The number of furan rings is 1. The summed E-state index contributed by atoms with van der Waals surface area (Å²) in [6.45, 7) is 0. The van der Waals surface area contributed by atoms with Crippen molar-refractivity contribution in [2.24, 2.45) is 11.0 Å². The molecule has 1 aliphatic carbocycles. The summed E-state index contributed by atoms with van der Waals surface area (Å²) in [6.07, 6.45) is 12.2. The molecule has 2 heterocycles. The Morgan fingerprint density at radius 2 is 2.29 bits per heavy atom. The molecule has 112 valence electrons. The Hall–Kier alpha value is -1.69. The molecular formula is C15H20N4OS. The molecule has 0 aromatic carbocycles. The van der Waals surface area contributed by atoms with E-state index in [1.807, 2.05) is 12.1 Å². The number of nitrogens with one attached hydrogen (secondary N) is 1. The Kier molecular flexibility index (Phi) is 4.65. The summed E-state index contributed by atoms with van der Waals surface area (Å²) in [5.74, 6) is 2.43. The van der Waals surface area contributed by atoms with Gasteiger partial charge in [0.2, 0.25) is 4.77 Å². The lowest BCUT2D eigenvalue weighted by Crippen LogP contribution is -2.09. The normalized spacial score (nSPS) is 16.8. The SMILES string of the molecule is S=c1[nH]nc(CCC2CCCCC2)n1/N=C\c1ccco1. The third kappa shape index (κ3) is 3.69. The van der Waals surface area contributed by atoms with Crippen LogP contribution < -0.4 is 0 Å². The summed E-state index contributed by atoms with van der Waals surface area (Å²) in [5, 5.41) is 11.5. The smallest absolute Gasteiger partial charge is 0.216 e. The third-order valence-electron chi connectivity index (χ3n) is 4.06. The molecule has 1 aliphatic rings. The molecule has 1 N–H and O–H groups in total. The third-order valence-corrected chi connectivity index (χ3v) is 4.33. The van der Waals surface area contributed by atoms with Crippen molar-refractivity contribution in [3.63, 3.8) is 0 Å². The minimum Gasteiger partial charge on any atom is -0.463 e. The number of aromatic amines is 1. The Bertz CT molecular complexity index is 635. The lowest BCUT2D eigenvalue weighted by Gasteiger charge is -2.20. The fourth-order valence-electron chi connectivity index (χ4n) is 2.89. The number of H-pyrrole nitrogens is 1. The van der Waals surface area contributed by atoms with Crippen molar-refractivity contribution < 1.29 is 4.42 Å². The standard InChI is InChI=1S/C15H20N4OS/c21-15-18-17-14(9-8-12-5-2-1-3-6-12)19(15)16-11-13-7-4-10-20-13/h4,7,10-12H,1-3,5-6,8-9H2,(H,18,21)/b16-11-. The first-order valence-electron chi connectivity index (χ1n) is 7.57. The Labute approximate surface area is 129 Å². The van der Waals surface area contributed by atoms with Gasteiger partial charge in [0.15, 0.2) is 5.82 Å². The summed E-state index contributed by atoms with van der Waals surface area (Å²) in [7, 11) is 0. The molecule has 1 fully saturated rings. The predicted octanol–water partition coefficient (Wildman–Crippen LogP) is 3.93. The molecule has 0 radical (unpaired) electrons. The highest BCUT2D eigenvalue weighted by atomic mass is 32.1. The molecule has 0 saturated heterocycles. The van der Waals surface area contributed by atoms with Crippen LogP contribution in [-0.2, 0) is 6.42 Å². The second-order valence-electron chi connectivity index (χ2n) is 5.56. The molecule has 0 bridgehead atoms. The number of nitrogens with zero attached hydrogens (tertiary/aromatic N) is 3. The average Bonchev–Trinajstić information content (AvgIpc) is 3.14. The first-order chi connectivity index (χ1) is 10.3. The molecule has 0 atom stereocenters. The molecule has 1 saturated carbocycles. The fourth-order valence-corrected chi connectivity index (χ4v) is 3.09. The molecule has 0 amide bonds. The van der Waals surface area contributed by atoms with Crippen LogP contribution in [0.2, 0.25) is 0 Å². The minimum atomic E-state index is 0.524. The topological polar surface area (TPSA) is 59.1 Å². The van der Waals surface area contributed by atoms with Crippen LogP contribution in [0.5, 0.6) is 0 Å². The summed E-state index contributed by atoms with van der Waals surface area (Å²) in [5.41, 5.74) is 0. The van der Waals surface area contributed by atoms with Crippen LogP contribution in [0, 0.1) is 10.7 Å². The van der Waals surface area contributed by atoms with E-state index in [1.165, 1.54) is 32.1 Å². The van der Waals surface area contributed by atoms with Gasteiger partial charge in [-0.25, -0.2) is 0 Å².